The quantitative estimate of drug-likeness (QED) is 0.783. The molecular formula is C13H11BrClFN2O2S. The number of anilines is 1. The van der Waals surface area contributed by atoms with Crippen molar-refractivity contribution in [3.63, 3.8) is 0 Å². The van der Waals surface area contributed by atoms with Crippen molar-refractivity contribution in [1.29, 1.82) is 0 Å². The number of sulfonamides is 1. The Kier molecular flexibility index (Phi) is 4.88. The molecule has 2 aromatic rings. The first kappa shape index (κ1) is 16.2. The number of halogens is 3. The topological polar surface area (TPSA) is 72.2 Å². The minimum Gasteiger partial charge on any atom is -0.397 e. The smallest absolute Gasteiger partial charge is 0.240 e. The molecule has 0 unspecified atom stereocenters. The molecule has 0 saturated heterocycles. The number of hydrogen-bond acceptors (Lipinski definition) is 3. The maximum absolute atomic E-state index is 13.2. The molecule has 2 aromatic carbocycles. The molecule has 4 nitrogen and oxygen atoms in total. The van der Waals surface area contributed by atoms with Crippen LogP contribution in [0.3, 0.4) is 0 Å². The lowest BCUT2D eigenvalue weighted by molar-refractivity contribution is 0.580. The van der Waals surface area contributed by atoms with Crippen LogP contribution in [-0.2, 0) is 16.6 Å². The third-order valence-electron chi connectivity index (χ3n) is 2.74. The van der Waals surface area contributed by atoms with Gasteiger partial charge in [0.15, 0.2) is 0 Å². The second-order valence-corrected chi connectivity index (χ2v) is 7.27. The molecule has 0 aromatic heterocycles. The fourth-order valence-electron chi connectivity index (χ4n) is 1.62. The number of nitrogens with one attached hydrogen (secondary N) is 1. The van der Waals surface area contributed by atoms with Gasteiger partial charge in [-0.3, -0.25) is 0 Å². The summed E-state index contributed by atoms with van der Waals surface area (Å²) in [5.74, 6) is -0.442. The minimum atomic E-state index is -3.76. The Labute approximate surface area is 135 Å². The molecule has 0 spiro atoms. The largest absolute Gasteiger partial charge is 0.397 e. The molecule has 0 radical (unpaired) electrons. The summed E-state index contributed by atoms with van der Waals surface area (Å²) in [7, 11) is -3.76. The van der Waals surface area contributed by atoms with Crippen LogP contribution < -0.4 is 10.5 Å². The van der Waals surface area contributed by atoms with Gasteiger partial charge in [-0.25, -0.2) is 17.5 Å². The summed E-state index contributed by atoms with van der Waals surface area (Å²) in [6.45, 7) is -0.0524. The number of benzene rings is 2. The van der Waals surface area contributed by atoms with Gasteiger partial charge in [-0.05, 0) is 42.0 Å². The summed E-state index contributed by atoms with van der Waals surface area (Å²) in [4.78, 5) is -0.00285. The van der Waals surface area contributed by atoms with Gasteiger partial charge in [0.05, 0.1) is 15.6 Å². The van der Waals surface area contributed by atoms with Crippen LogP contribution in [0.25, 0.3) is 0 Å². The molecule has 0 fully saturated rings. The van der Waals surface area contributed by atoms with Gasteiger partial charge >= 0.3 is 0 Å². The van der Waals surface area contributed by atoms with Crippen LogP contribution >= 0.6 is 27.5 Å². The van der Waals surface area contributed by atoms with Crippen LogP contribution in [0.2, 0.25) is 5.02 Å². The summed E-state index contributed by atoms with van der Waals surface area (Å²) < 4.78 is 40.4. The van der Waals surface area contributed by atoms with E-state index in [-0.39, 0.29) is 22.2 Å². The van der Waals surface area contributed by atoms with Crippen molar-refractivity contribution in [2.75, 3.05) is 5.73 Å². The molecule has 0 bridgehead atoms. The predicted octanol–water partition coefficient (Wildman–Crippen LogP) is 3.30. The van der Waals surface area contributed by atoms with Crippen molar-refractivity contribution < 1.29 is 12.8 Å². The van der Waals surface area contributed by atoms with Crippen molar-refractivity contribution in [2.24, 2.45) is 0 Å². The molecule has 8 heteroatoms. The number of nitrogens with two attached hydrogens (primary N) is 1. The van der Waals surface area contributed by atoms with Gasteiger partial charge in [-0.2, -0.15) is 0 Å². The molecular weight excluding hydrogens is 383 g/mol. The van der Waals surface area contributed by atoms with Crippen LogP contribution in [0.15, 0.2) is 45.8 Å². The van der Waals surface area contributed by atoms with Crippen LogP contribution in [-0.4, -0.2) is 8.42 Å². The second-order valence-electron chi connectivity index (χ2n) is 4.24. The van der Waals surface area contributed by atoms with Crippen LogP contribution in [0.5, 0.6) is 0 Å². The third kappa shape index (κ3) is 3.94. The average Bonchev–Trinajstić information content (AvgIpc) is 2.43. The van der Waals surface area contributed by atoms with E-state index in [1.165, 1.54) is 36.4 Å². The van der Waals surface area contributed by atoms with Crippen molar-refractivity contribution >= 4 is 43.2 Å². The van der Waals surface area contributed by atoms with Gasteiger partial charge in [0, 0.05) is 11.0 Å². The first-order chi connectivity index (χ1) is 9.79. The Morgan fingerprint density at radius 1 is 1.24 bits per heavy atom. The molecule has 112 valence electrons. The van der Waals surface area contributed by atoms with E-state index in [0.29, 0.717) is 10.0 Å². The number of nitrogen functional groups attached to an aromatic ring is 1. The lowest BCUT2D eigenvalue weighted by Gasteiger charge is -2.09. The summed E-state index contributed by atoms with van der Waals surface area (Å²) in [5.41, 5.74) is 6.25. The predicted molar refractivity (Wildman–Crippen MR) is 84.0 cm³/mol. The Hall–Kier alpha value is -1.15. The van der Waals surface area contributed by atoms with E-state index in [2.05, 4.69) is 20.7 Å². The minimum absolute atomic E-state index is 0.00285. The van der Waals surface area contributed by atoms with Crippen molar-refractivity contribution in [3.8, 4) is 0 Å². The Bertz CT molecular complexity index is 784. The summed E-state index contributed by atoms with van der Waals surface area (Å²) in [5, 5.41) is 0.279. The molecule has 21 heavy (non-hydrogen) atoms. The fraction of sp³-hybridized carbons (Fsp3) is 0.0769. The van der Waals surface area contributed by atoms with Crippen LogP contribution in [0.1, 0.15) is 5.56 Å². The lowest BCUT2D eigenvalue weighted by atomic mass is 10.2. The molecule has 0 aliphatic rings. The van der Waals surface area contributed by atoms with E-state index in [9.17, 15) is 12.8 Å². The van der Waals surface area contributed by atoms with E-state index < -0.39 is 15.8 Å². The molecule has 0 atom stereocenters. The number of hydrogen-bond donors (Lipinski definition) is 2. The van der Waals surface area contributed by atoms with Gasteiger partial charge in [0.2, 0.25) is 10.0 Å². The monoisotopic (exact) mass is 392 g/mol. The molecule has 0 aliphatic carbocycles. The molecule has 0 aliphatic heterocycles. The Balaban J connectivity index is 2.21. The average molecular weight is 394 g/mol. The zero-order valence-electron chi connectivity index (χ0n) is 10.6. The zero-order valence-corrected chi connectivity index (χ0v) is 13.8. The summed E-state index contributed by atoms with van der Waals surface area (Å²) in [6.07, 6.45) is 0. The molecule has 2 rings (SSSR count). The van der Waals surface area contributed by atoms with Crippen molar-refractivity contribution in [3.05, 3.63) is 57.3 Å². The Morgan fingerprint density at radius 3 is 2.62 bits per heavy atom. The maximum Gasteiger partial charge on any atom is 0.240 e. The van der Waals surface area contributed by atoms with Crippen molar-refractivity contribution in [2.45, 2.75) is 11.4 Å². The van der Waals surface area contributed by atoms with E-state index in [0.717, 1.165) is 0 Å². The molecule has 0 saturated carbocycles. The van der Waals surface area contributed by atoms with E-state index in [4.69, 9.17) is 17.3 Å². The van der Waals surface area contributed by atoms with Crippen LogP contribution in [0, 0.1) is 5.82 Å². The lowest BCUT2D eigenvalue weighted by Crippen LogP contribution is -2.23. The second kappa shape index (κ2) is 6.31. The highest BCUT2D eigenvalue weighted by Crippen LogP contribution is 2.23. The van der Waals surface area contributed by atoms with Gasteiger partial charge < -0.3 is 5.73 Å². The highest BCUT2D eigenvalue weighted by Gasteiger charge is 2.15. The highest BCUT2D eigenvalue weighted by molar-refractivity contribution is 9.10. The van der Waals surface area contributed by atoms with Crippen molar-refractivity contribution in [1.82, 2.24) is 4.72 Å². The van der Waals surface area contributed by atoms with E-state index in [1.807, 2.05) is 0 Å². The van der Waals surface area contributed by atoms with Crippen LogP contribution in [0.4, 0.5) is 10.1 Å². The molecule has 3 N–H and O–H groups in total. The number of rotatable bonds is 4. The summed E-state index contributed by atoms with van der Waals surface area (Å²) in [6, 6.07) is 8.07. The molecule has 0 heterocycles. The normalized spacial score (nSPS) is 11.6. The van der Waals surface area contributed by atoms with Gasteiger partial charge in [0.1, 0.15) is 5.82 Å². The van der Waals surface area contributed by atoms with Gasteiger partial charge in [-0.1, -0.05) is 27.5 Å². The summed E-state index contributed by atoms with van der Waals surface area (Å²) >= 11 is 8.99. The van der Waals surface area contributed by atoms with E-state index in [1.54, 1.807) is 0 Å². The third-order valence-corrected chi connectivity index (χ3v) is 5.25. The van der Waals surface area contributed by atoms with Gasteiger partial charge in [-0.15, -0.1) is 0 Å². The van der Waals surface area contributed by atoms with Gasteiger partial charge in [0.25, 0.3) is 0 Å². The fourth-order valence-corrected chi connectivity index (χ4v) is 3.17. The van der Waals surface area contributed by atoms with E-state index >= 15 is 0 Å². The Morgan fingerprint density at radius 2 is 1.95 bits per heavy atom. The first-order valence-corrected chi connectivity index (χ1v) is 8.43. The molecule has 0 amide bonds. The standard InChI is InChI=1S/C13H11BrClFN2O2S/c14-11-3-1-9(16)5-8(11)7-18-21(19,20)10-2-4-12(15)13(17)6-10/h1-6,18H,7,17H2. The SMILES string of the molecule is Nc1cc(S(=O)(=O)NCc2cc(F)ccc2Br)ccc1Cl. The first-order valence-electron chi connectivity index (χ1n) is 5.78. The highest BCUT2D eigenvalue weighted by atomic mass is 79.9. The zero-order chi connectivity index (χ0) is 15.6. The maximum atomic E-state index is 13.2.